The van der Waals surface area contributed by atoms with Gasteiger partial charge in [-0.1, -0.05) is 27.2 Å². The second-order valence-corrected chi connectivity index (χ2v) is 6.39. The molecule has 3 nitrogen and oxygen atoms in total. The van der Waals surface area contributed by atoms with E-state index in [-0.39, 0.29) is 6.04 Å². The molecule has 2 aliphatic rings. The summed E-state index contributed by atoms with van der Waals surface area (Å²) in [7, 11) is 0. The van der Waals surface area contributed by atoms with Crippen molar-refractivity contribution >= 4 is 5.91 Å². The lowest BCUT2D eigenvalue weighted by molar-refractivity contribution is -0.129. The molecule has 0 spiro atoms. The van der Waals surface area contributed by atoms with Crippen LogP contribution in [0.2, 0.25) is 0 Å². The van der Waals surface area contributed by atoms with Gasteiger partial charge in [-0.25, -0.2) is 0 Å². The van der Waals surface area contributed by atoms with Crippen molar-refractivity contribution in [2.45, 2.75) is 52.5 Å². The van der Waals surface area contributed by atoms with Crippen LogP contribution < -0.4 is 5.32 Å². The Morgan fingerprint density at radius 3 is 2.76 bits per heavy atom. The second kappa shape index (κ2) is 5.38. The zero-order valence-corrected chi connectivity index (χ0v) is 11.4. The minimum Gasteiger partial charge on any atom is -0.328 e. The van der Waals surface area contributed by atoms with Crippen LogP contribution in [-0.2, 0) is 4.79 Å². The molecule has 1 aliphatic heterocycles. The Morgan fingerprint density at radius 2 is 2.18 bits per heavy atom. The highest BCUT2D eigenvalue weighted by Crippen LogP contribution is 2.31. The summed E-state index contributed by atoms with van der Waals surface area (Å²) >= 11 is 0. The van der Waals surface area contributed by atoms with E-state index in [1.165, 1.54) is 19.3 Å². The Bertz CT molecular complexity index is 277. The van der Waals surface area contributed by atoms with E-state index in [1.807, 2.05) is 4.90 Å². The number of nitrogens with zero attached hydrogens (tertiary/aromatic N) is 1. The van der Waals surface area contributed by atoms with Crippen molar-refractivity contribution in [3.05, 3.63) is 0 Å². The predicted molar refractivity (Wildman–Crippen MR) is 69.5 cm³/mol. The van der Waals surface area contributed by atoms with E-state index >= 15 is 0 Å². The van der Waals surface area contributed by atoms with Crippen LogP contribution in [0.25, 0.3) is 0 Å². The van der Waals surface area contributed by atoms with Crippen LogP contribution >= 0.6 is 0 Å². The van der Waals surface area contributed by atoms with Gasteiger partial charge >= 0.3 is 0 Å². The molecule has 1 saturated heterocycles. The molecular weight excluding hydrogens is 212 g/mol. The van der Waals surface area contributed by atoms with E-state index in [4.69, 9.17) is 0 Å². The maximum Gasteiger partial charge on any atom is 0.240 e. The maximum atomic E-state index is 12.2. The smallest absolute Gasteiger partial charge is 0.240 e. The van der Waals surface area contributed by atoms with E-state index in [9.17, 15) is 4.79 Å². The monoisotopic (exact) mass is 238 g/mol. The van der Waals surface area contributed by atoms with E-state index in [2.05, 4.69) is 26.1 Å². The van der Waals surface area contributed by atoms with Crippen molar-refractivity contribution in [3.8, 4) is 0 Å². The molecule has 2 rings (SSSR count). The van der Waals surface area contributed by atoms with Gasteiger partial charge in [0.05, 0.1) is 12.7 Å². The molecule has 3 unspecified atom stereocenters. The van der Waals surface area contributed by atoms with Gasteiger partial charge in [0.2, 0.25) is 5.91 Å². The summed E-state index contributed by atoms with van der Waals surface area (Å²) in [6.07, 6.45) is 4.92. The van der Waals surface area contributed by atoms with Crippen molar-refractivity contribution in [2.75, 3.05) is 13.2 Å². The molecule has 1 amide bonds. The molecular formula is C14H26N2O. The minimum atomic E-state index is 0.0776. The molecule has 2 fully saturated rings. The highest BCUT2D eigenvalue weighted by atomic mass is 16.2. The number of carbonyl (C=O) groups is 1. The normalized spacial score (nSPS) is 34.0. The number of carbonyl (C=O) groups excluding carboxylic acids is 1. The van der Waals surface area contributed by atoms with Crippen LogP contribution in [0.3, 0.4) is 0 Å². The van der Waals surface area contributed by atoms with Gasteiger partial charge in [-0.15, -0.1) is 0 Å². The number of hydrogen-bond acceptors (Lipinski definition) is 2. The Kier molecular flexibility index (Phi) is 4.08. The molecule has 3 atom stereocenters. The molecule has 0 bridgehead atoms. The highest BCUT2D eigenvalue weighted by molar-refractivity contribution is 5.83. The van der Waals surface area contributed by atoms with E-state index < -0.39 is 0 Å². The average Bonchev–Trinajstić information content (AvgIpc) is 2.79. The lowest BCUT2D eigenvalue weighted by atomic mass is 10.0. The van der Waals surface area contributed by atoms with Crippen LogP contribution in [-0.4, -0.2) is 30.1 Å². The summed E-state index contributed by atoms with van der Waals surface area (Å²) in [6.45, 7) is 8.42. The molecule has 0 aromatic carbocycles. The Hall–Kier alpha value is -0.570. The van der Waals surface area contributed by atoms with Gasteiger partial charge in [0.25, 0.3) is 0 Å². The molecule has 0 aromatic heterocycles. The fourth-order valence-electron chi connectivity index (χ4n) is 3.22. The van der Waals surface area contributed by atoms with Gasteiger partial charge in [0.15, 0.2) is 0 Å². The first-order chi connectivity index (χ1) is 8.06. The van der Waals surface area contributed by atoms with Crippen molar-refractivity contribution in [2.24, 2.45) is 17.8 Å². The molecule has 98 valence electrons. The first-order valence-electron chi connectivity index (χ1n) is 7.08. The molecule has 1 heterocycles. The number of nitrogens with one attached hydrogen (secondary N) is 1. The summed E-state index contributed by atoms with van der Waals surface area (Å²) in [5.74, 6) is 2.52. The van der Waals surface area contributed by atoms with Crippen LogP contribution in [0.15, 0.2) is 0 Å². The summed E-state index contributed by atoms with van der Waals surface area (Å²) in [4.78, 5) is 14.2. The summed E-state index contributed by atoms with van der Waals surface area (Å²) < 4.78 is 0. The van der Waals surface area contributed by atoms with Gasteiger partial charge in [-0.2, -0.15) is 0 Å². The van der Waals surface area contributed by atoms with E-state index in [0.717, 1.165) is 31.5 Å². The van der Waals surface area contributed by atoms with Gasteiger partial charge in [0, 0.05) is 6.54 Å². The molecule has 1 aliphatic carbocycles. The third-order valence-electron chi connectivity index (χ3n) is 4.13. The summed E-state index contributed by atoms with van der Waals surface area (Å²) in [6, 6.07) is 0.0776. The van der Waals surface area contributed by atoms with E-state index in [1.54, 1.807) is 0 Å². The number of hydrogen-bond donors (Lipinski definition) is 1. The Balaban J connectivity index is 1.81. The van der Waals surface area contributed by atoms with Gasteiger partial charge in [-0.3, -0.25) is 10.1 Å². The van der Waals surface area contributed by atoms with Gasteiger partial charge in [-0.05, 0) is 37.0 Å². The highest BCUT2D eigenvalue weighted by Gasteiger charge is 2.33. The summed E-state index contributed by atoms with van der Waals surface area (Å²) in [5, 5.41) is 3.35. The van der Waals surface area contributed by atoms with Crippen LogP contribution in [0.5, 0.6) is 0 Å². The topological polar surface area (TPSA) is 32.3 Å². The standard InChI is InChI=1S/C14H26N2O/c1-10(2)6-13-14(17)16(9-15-13)8-12-5-4-11(3)7-12/h10-13,15H,4-9H2,1-3H3. The Labute approximate surface area is 105 Å². The number of amides is 1. The Morgan fingerprint density at radius 1 is 1.41 bits per heavy atom. The first-order valence-corrected chi connectivity index (χ1v) is 7.08. The van der Waals surface area contributed by atoms with Gasteiger partial charge < -0.3 is 4.90 Å². The quantitative estimate of drug-likeness (QED) is 0.814. The van der Waals surface area contributed by atoms with Crippen LogP contribution in [0.4, 0.5) is 0 Å². The van der Waals surface area contributed by atoms with Crippen LogP contribution in [0.1, 0.15) is 46.5 Å². The molecule has 1 N–H and O–H groups in total. The molecule has 3 heteroatoms. The fraction of sp³-hybridized carbons (Fsp3) is 0.929. The third-order valence-corrected chi connectivity index (χ3v) is 4.13. The first kappa shape index (κ1) is 12.9. The molecule has 0 aromatic rings. The zero-order valence-electron chi connectivity index (χ0n) is 11.4. The molecule has 0 radical (unpaired) electrons. The van der Waals surface area contributed by atoms with Crippen molar-refractivity contribution in [3.63, 3.8) is 0 Å². The van der Waals surface area contributed by atoms with Gasteiger partial charge in [0.1, 0.15) is 0 Å². The van der Waals surface area contributed by atoms with E-state index in [0.29, 0.717) is 11.8 Å². The predicted octanol–water partition coefficient (Wildman–Crippen LogP) is 2.23. The minimum absolute atomic E-state index is 0.0776. The zero-order chi connectivity index (χ0) is 12.4. The van der Waals surface area contributed by atoms with Crippen molar-refractivity contribution < 1.29 is 4.79 Å². The lowest BCUT2D eigenvalue weighted by Gasteiger charge is -2.20. The van der Waals surface area contributed by atoms with Crippen molar-refractivity contribution in [1.82, 2.24) is 10.2 Å². The van der Waals surface area contributed by atoms with Crippen molar-refractivity contribution in [1.29, 1.82) is 0 Å². The molecule has 1 saturated carbocycles. The second-order valence-electron chi connectivity index (χ2n) is 6.39. The lowest BCUT2D eigenvalue weighted by Crippen LogP contribution is -2.34. The average molecular weight is 238 g/mol. The molecule has 17 heavy (non-hydrogen) atoms. The SMILES string of the molecule is CC(C)CC1NCN(CC2CCC(C)C2)C1=O. The fourth-order valence-corrected chi connectivity index (χ4v) is 3.22. The largest absolute Gasteiger partial charge is 0.328 e. The number of rotatable bonds is 4. The third kappa shape index (κ3) is 3.21. The summed E-state index contributed by atoms with van der Waals surface area (Å²) in [5.41, 5.74) is 0. The van der Waals surface area contributed by atoms with Crippen LogP contribution in [0, 0.1) is 17.8 Å². The maximum absolute atomic E-state index is 12.2.